The molecule has 0 fully saturated rings. The summed E-state index contributed by atoms with van der Waals surface area (Å²) in [6.45, 7) is 4.01. The molecule has 2 rings (SSSR count). The van der Waals surface area contributed by atoms with Crippen LogP contribution in [0, 0.1) is 13.8 Å². The summed E-state index contributed by atoms with van der Waals surface area (Å²) >= 11 is 0. The Labute approximate surface area is 119 Å². The van der Waals surface area contributed by atoms with Crippen LogP contribution >= 0.6 is 0 Å². The van der Waals surface area contributed by atoms with Gasteiger partial charge in [-0.1, -0.05) is 6.07 Å². The summed E-state index contributed by atoms with van der Waals surface area (Å²) < 4.78 is 0. The lowest BCUT2D eigenvalue weighted by molar-refractivity contribution is 0.0993. The molecule has 1 amide bonds. The van der Waals surface area contributed by atoms with Gasteiger partial charge >= 0.3 is 0 Å². The first-order valence-corrected chi connectivity index (χ1v) is 6.39. The molecule has 0 radical (unpaired) electrons. The smallest absolute Gasteiger partial charge is 0.258 e. The number of amides is 1. The lowest BCUT2D eigenvalue weighted by Crippen LogP contribution is -2.26. The van der Waals surface area contributed by atoms with Gasteiger partial charge in [-0.05, 0) is 55.3 Å². The molecule has 0 saturated carbocycles. The van der Waals surface area contributed by atoms with Crippen LogP contribution in [0.2, 0.25) is 0 Å². The Kier molecular flexibility index (Phi) is 3.66. The first kappa shape index (κ1) is 13.9. The average molecular weight is 269 g/mol. The van der Waals surface area contributed by atoms with Gasteiger partial charge in [0.05, 0.1) is 0 Å². The molecule has 0 saturated heterocycles. The highest BCUT2D eigenvalue weighted by Crippen LogP contribution is 2.21. The molecule has 0 spiro atoms. The molecule has 104 valence electrons. The molecule has 0 unspecified atom stereocenters. The third kappa shape index (κ3) is 2.91. The van der Waals surface area contributed by atoms with E-state index < -0.39 is 0 Å². The second-order valence-corrected chi connectivity index (χ2v) is 5.10. The van der Waals surface area contributed by atoms with E-state index in [9.17, 15) is 4.79 Å². The fraction of sp³-hybridized carbons (Fsp3) is 0.188. The van der Waals surface area contributed by atoms with E-state index in [0.29, 0.717) is 16.9 Å². The molecule has 2 aromatic carbocycles. The molecular formula is C16H19N3O. The third-order valence-corrected chi connectivity index (χ3v) is 3.12. The van der Waals surface area contributed by atoms with Gasteiger partial charge in [0, 0.05) is 29.7 Å². The summed E-state index contributed by atoms with van der Waals surface area (Å²) in [4.78, 5) is 14.1. The fourth-order valence-corrected chi connectivity index (χ4v) is 2.26. The average Bonchev–Trinajstić information content (AvgIpc) is 2.34. The topological polar surface area (TPSA) is 72.3 Å². The van der Waals surface area contributed by atoms with Crippen LogP contribution in [0.3, 0.4) is 0 Å². The van der Waals surface area contributed by atoms with Crippen LogP contribution in [0.1, 0.15) is 21.5 Å². The maximum Gasteiger partial charge on any atom is 0.258 e. The number of nitrogens with two attached hydrogens (primary N) is 2. The number of hydrogen-bond acceptors (Lipinski definition) is 3. The van der Waals surface area contributed by atoms with E-state index in [1.54, 1.807) is 30.1 Å². The van der Waals surface area contributed by atoms with Gasteiger partial charge in [-0.25, -0.2) is 0 Å². The molecule has 0 aliphatic carbocycles. The van der Waals surface area contributed by atoms with Crippen molar-refractivity contribution in [1.29, 1.82) is 0 Å². The maximum absolute atomic E-state index is 12.5. The second-order valence-electron chi connectivity index (χ2n) is 5.10. The first-order chi connectivity index (χ1) is 9.36. The van der Waals surface area contributed by atoms with Crippen LogP contribution in [0.15, 0.2) is 36.4 Å². The molecule has 4 nitrogen and oxygen atoms in total. The third-order valence-electron chi connectivity index (χ3n) is 3.12. The lowest BCUT2D eigenvalue weighted by atomic mass is 10.1. The highest BCUT2D eigenvalue weighted by Gasteiger charge is 2.15. The number of carbonyl (C=O) groups is 1. The van der Waals surface area contributed by atoms with Crippen molar-refractivity contribution in [2.75, 3.05) is 23.4 Å². The van der Waals surface area contributed by atoms with Crippen molar-refractivity contribution in [3.8, 4) is 0 Å². The van der Waals surface area contributed by atoms with Crippen LogP contribution in [0.5, 0.6) is 0 Å². The maximum atomic E-state index is 12.5. The number of rotatable bonds is 2. The van der Waals surface area contributed by atoms with E-state index >= 15 is 0 Å². The summed E-state index contributed by atoms with van der Waals surface area (Å²) in [5.41, 5.74) is 16.0. The number of carbonyl (C=O) groups excluding carboxylic acids is 1. The Morgan fingerprint density at radius 3 is 1.90 bits per heavy atom. The summed E-state index contributed by atoms with van der Waals surface area (Å²) in [6, 6.07) is 10.9. The van der Waals surface area contributed by atoms with Gasteiger partial charge < -0.3 is 16.4 Å². The highest BCUT2D eigenvalue weighted by molar-refractivity contribution is 6.06. The first-order valence-electron chi connectivity index (χ1n) is 6.39. The molecule has 4 N–H and O–H groups in total. The van der Waals surface area contributed by atoms with Gasteiger partial charge in [-0.2, -0.15) is 0 Å². The Morgan fingerprint density at radius 1 is 0.900 bits per heavy atom. The summed E-state index contributed by atoms with van der Waals surface area (Å²) in [7, 11) is 1.75. The standard InChI is InChI=1S/C16H19N3O/c1-10-4-11(2)6-15(5-10)19(3)16(20)12-7-13(17)9-14(18)8-12/h4-9H,17-18H2,1-3H3. The van der Waals surface area contributed by atoms with E-state index in [0.717, 1.165) is 16.8 Å². The van der Waals surface area contributed by atoms with Gasteiger partial charge in [0.15, 0.2) is 0 Å². The largest absolute Gasteiger partial charge is 0.399 e. The normalized spacial score (nSPS) is 10.3. The lowest BCUT2D eigenvalue weighted by Gasteiger charge is -2.19. The van der Waals surface area contributed by atoms with E-state index in [1.165, 1.54) is 0 Å². The molecule has 0 heterocycles. The van der Waals surface area contributed by atoms with E-state index in [2.05, 4.69) is 6.07 Å². The highest BCUT2D eigenvalue weighted by atomic mass is 16.2. The zero-order chi connectivity index (χ0) is 14.9. The van der Waals surface area contributed by atoms with Gasteiger partial charge in [0.1, 0.15) is 0 Å². The van der Waals surface area contributed by atoms with Crippen molar-refractivity contribution in [3.63, 3.8) is 0 Å². The molecule has 0 aliphatic rings. The molecular weight excluding hydrogens is 250 g/mol. The molecule has 0 aromatic heterocycles. The molecule has 0 atom stereocenters. The van der Waals surface area contributed by atoms with Crippen molar-refractivity contribution < 1.29 is 4.79 Å². The monoisotopic (exact) mass is 269 g/mol. The zero-order valence-electron chi connectivity index (χ0n) is 12.0. The number of aryl methyl sites for hydroxylation is 2. The van der Waals surface area contributed by atoms with Crippen molar-refractivity contribution in [2.45, 2.75) is 13.8 Å². The Hall–Kier alpha value is -2.49. The van der Waals surface area contributed by atoms with E-state index in [1.807, 2.05) is 26.0 Å². The van der Waals surface area contributed by atoms with Crippen LogP contribution in [-0.4, -0.2) is 13.0 Å². The van der Waals surface area contributed by atoms with Crippen molar-refractivity contribution in [1.82, 2.24) is 0 Å². The second kappa shape index (κ2) is 5.25. The number of nitrogen functional groups attached to an aromatic ring is 2. The van der Waals surface area contributed by atoms with Gasteiger partial charge in [-0.15, -0.1) is 0 Å². The van der Waals surface area contributed by atoms with Crippen LogP contribution in [0.25, 0.3) is 0 Å². The predicted octanol–water partition coefficient (Wildman–Crippen LogP) is 2.74. The molecule has 4 heteroatoms. The zero-order valence-corrected chi connectivity index (χ0v) is 12.0. The van der Waals surface area contributed by atoms with Gasteiger partial charge in [-0.3, -0.25) is 4.79 Å². The quantitative estimate of drug-likeness (QED) is 0.823. The molecule has 0 aliphatic heterocycles. The van der Waals surface area contributed by atoms with Gasteiger partial charge in [0.25, 0.3) is 5.91 Å². The van der Waals surface area contributed by atoms with Crippen molar-refractivity contribution >= 4 is 23.0 Å². The number of anilines is 3. The summed E-state index contributed by atoms with van der Waals surface area (Å²) in [6.07, 6.45) is 0. The number of nitrogens with zero attached hydrogens (tertiary/aromatic N) is 1. The minimum absolute atomic E-state index is 0.131. The Bertz CT molecular complexity index is 624. The van der Waals surface area contributed by atoms with E-state index in [4.69, 9.17) is 11.5 Å². The minimum atomic E-state index is -0.131. The predicted molar refractivity (Wildman–Crippen MR) is 83.9 cm³/mol. The SMILES string of the molecule is Cc1cc(C)cc(N(C)C(=O)c2cc(N)cc(N)c2)c1. The Morgan fingerprint density at radius 2 is 1.40 bits per heavy atom. The van der Waals surface area contributed by atoms with Gasteiger partial charge in [0.2, 0.25) is 0 Å². The molecule has 20 heavy (non-hydrogen) atoms. The van der Waals surface area contributed by atoms with Crippen molar-refractivity contribution in [3.05, 3.63) is 53.1 Å². The molecule has 0 bridgehead atoms. The number of hydrogen-bond donors (Lipinski definition) is 2. The molecule has 2 aromatic rings. The fourth-order valence-electron chi connectivity index (χ4n) is 2.26. The number of benzene rings is 2. The van der Waals surface area contributed by atoms with Crippen LogP contribution < -0.4 is 16.4 Å². The Balaban J connectivity index is 2.36. The summed E-state index contributed by atoms with van der Waals surface area (Å²) in [5.74, 6) is -0.131. The van der Waals surface area contributed by atoms with Crippen molar-refractivity contribution in [2.24, 2.45) is 0 Å². The van der Waals surface area contributed by atoms with Crippen LogP contribution in [-0.2, 0) is 0 Å². The van der Waals surface area contributed by atoms with E-state index in [-0.39, 0.29) is 5.91 Å². The minimum Gasteiger partial charge on any atom is -0.399 e. The van der Waals surface area contributed by atoms with Crippen LogP contribution in [0.4, 0.5) is 17.1 Å². The summed E-state index contributed by atoms with van der Waals surface area (Å²) in [5, 5.41) is 0.